The molecule has 1 aromatic carbocycles. The highest BCUT2D eigenvalue weighted by molar-refractivity contribution is 5.58. The Kier molecular flexibility index (Phi) is 3.17. The summed E-state index contributed by atoms with van der Waals surface area (Å²) in [5.41, 5.74) is 0.200. The molecule has 1 aromatic rings. The first-order chi connectivity index (χ1) is 7.57. The quantitative estimate of drug-likeness (QED) is 0.620. The van der Waals surface area contributed by atoms with E-state index < -0.39 is 29.2 Å². The van der Waals surface area contributed by atoms with Gasteiger partial charge in [-0.15, -0.1) is 0 Å². The van der Waals surface area contributed by atoms with Crippen LogP contribution in [0, 0.1) is 0 Å². The number of nitrogen functional groups attached to an aromatic ring is 1. The van der Waals surface area contributed by atoms with E-state index >= 15 is 0 Å². The van der Waals surface area contributed by atoms with Crippen LogP contribution in [0.2, 0.25) is 0 Å². The van der Waals surface area contributed by atoms with Gasteiger partial charge in [0, 0.05) is 11.8 Å². The van der Waals surface area contributed by atoms with Crippen LogP contribution in [0.3, 0.4) is 0 Å². The molecule has 0 heterocycles. The highest BCUT2D eigenvalue weighted by Crippen LogP contribution is 2.44. The largest absolute Gasteiger partial charge is 0.497 e. The number of halogens is 6. The van der Waals surface area contributed by atoms with Gasteiger partial charge in [0.05, 0.1) is 18.2 Å². The number of nitrogens with two attached hydrogens (primary N) is 1. The summed E-state index contributed by atoms with van der Waals surface area (Å²) >= 11 is 0. The topological polar surface area (TPSA) is 35.2 Å². The molecule has 0 aliphatic rings. The van der Waals surface area contributed by atoms with Crippen molar-refractivity contribution in [1.29, 1.82) is 0 Å². The van der Waals surface area contributed by atoms with Gasteiger partial charge in [-0.1, -0.05) is 0 Å². The predicted octanol–water partition coefficient (Wildman–Crippen LogP) is 3.32. The van der Waals surface area contributed by atoms with Crippen LogP contribution < -0.4 is 10.5 Å². The molecule has 0 saturated carbocycles. The van der Waals surface area contributed by atoms with Gasteiger partial charge in [-0.05, 0) is 6.07 Å². The minimum Gasteiger partial charge on any atom is -0.497 e. The molecule has 0 amide bonds. The van der Waals surface area contributed by atoms with E-state index in [9.17, 15) is 26.3 Å². The maximum Gasteiger partial charge on any atom is 0.418 e. The van der Waals surface area contributed by atoms with Gasteiger partial charge in [-0.2, -0.15) is 26.3 Å². The summed E-state index contributed by atoms with van der Waals surface area (Å²) in [4.78, 5) is 0. The van der Waals surface area contributed by atoms with Crippen LogP contribution in [0.1, 0.15) is 11.1 Å². The van der Waals surface area contributed by atoms with E-state index in [-0.39, 0.29) is 11.8 Å². The number of benzene rings is 1. The van der Waals surface area contributed by atoms with Crippen LogP contribution in [0.25, 0.3) is 0 Å². The smallest absolute Gasteiger partial charge is 0.418 e. The van der Waals surface area contributed by atoms with Crippen molar-refractivity contribution in [2.45, 2.75) is 12.4 Å². The summed E-state index contributed by atoms with van der Waals surface area (Å²) in [6.07, 6.45) is -10.3. The first-order valence-electron chi connectivity index (χ1n) is 4.19. The molecule has 2 N–H and O–H groups in total. The molecule has 17 heavy (non-hydrogen) atoms. The summed E-state index contributed by atoms with van der Waals surface area (Å²) in [6.45, 7) is 0. The Labute approximate surface area is 92.0 Å². The number of rotatable bonds is 1. The molecule has 0 aromatic heterocycles. The molecular weight excluding hydrogens is 252 g/mol. The molecule has 2 nitrogen and oxygen atoms in total. The summed E-state index contributed by atoms with van der Waals surface area (Å²) in [5.74, 6) is -0.386. The Balaban J connectivity index is 3.58. The highest BCUT2D eigenvalue weighted by atomic mass is 19.4. The van der Waals surface area contributed by atoms with Crippen molar-refractivity contribution in [2.75, 3.05) is 12.8 Å². The maximum atomic E-state index is 12.5. The summed E-state index contributed by atoms with van der Waals surface area (Å²) < 4.78 is 79.2. The molecule has 0 atom stereocenters. The molecule has 0 unspecified atom stereocenters. The van der Waals surface area contributed by atoms with Crippen molar-refractivity contribution in [1.82, 2.24) is 0 Å². The zero-order valence-corrected chi connectivity index (χ0v) is 8.41. The predicted molar refractivity (Wildman–Crippen MR) is 47.4 cm³/mol. The normalized spacial score (nSPS) is 12.6. The minimum atomic E-state index is -5.18. The van der Waals surface area contributed by atoms with Crippen LogP contribution in [0.5, 0.6) is 5.75 Å². The van der Waals surface area contributed by atoms with Gasteiger partial charge in [0.2, 0.25) is 0 Å². The lowest BCUT2D eigenvalue weighted by Crippen LogP contribution is -2.18. The standard InChI is InChI=1S/C9H7F6NO/c1-17-4-2-5(8(10,11)12)7(6(16)3-4)9(13,14)15/h2-3H,16H2,1H3. The van der Waals surface area contributed by atoms with Crippen LogP contribution in [-0.4, -0.2) is 7.11 Å². The molecule has 1 rings (SSSR count). The number of hydrogen-bond acceptors (Lipinski definition) is 2. The van der Waals surface area contributed by atoms with Crippen molar-refractivity contribution in [2.24, 2.45) is 0 Å². The van der Waals surface area contributed by atoms with Crippen molar-refractivity contribution in [3.8, 4) is 5.75 Å². The lowest BCUT2D eigenvalue weighted by atomic mass is 10.0. The van der Waals surface area contributed by atoms with E-state index in [1.807, 2.05) is 0 Å². The Morgan fingerprint density at radius 3 is 1.88 bits per heavy atom. The first kappa shape index (κ1) is 13.5. The summed E-state index contributed by atoms with van der Waals surface area (Å²) in [7, 11) is 1.03. The van der Waals surface area contributed by atoms with E-state index in [1.165, 1.54) is 0 Å². The monoisotopic (exact) mass is 259 g/mol. The summed E-state index contributed by atoms with van der Waals surface area (Å²) in [5, 5.41) is 0. The van der Waals surface area contributed by atoms with Gasteiger partial charge >= 0.3 is 12.4 Å². The molecule has 0 bridgehead atoms. The number of hydrogen-bond donors (Lipinski definition) is 1. The number of anilines is 1. The third kappa shape index (κ3) is 2.75. The second-order valence-electron chi connectivity index (χ2n) is 3.13. The lowest BCUT2D eigenvalue weighted by molar-refractivity contribution is -0.161. The number of alkyl halides is 6. The molecule has 0 radical (unpaired) electrons. The van der Waals surface area contributed by atoms with Crippen molar-refractivity contribution in [3.63, 3.8) is 0 Å². The number of methoxy groups -OCH3 is 1. The Morgan fingerprint density at radius 1 is 1.00 bits per heavy atom. The highest BCUT2D eigenvalue weighted by Gasteiger charge is 2.45. The SMILES string of the molecule is COc1cc(N)c(C(F)(F)F)c(C(F)(F)F)c1. The van der Waals surface area contributed by atoms with Crippen molar-refractivity contribution in [3.05, 3.63) is 23.3 Å². The van der Waals surface area contributed by atoms with Crippen LogP contribution in [-0.2, 0) is 12.4 Å². The second kappa shape index (κ2) is 4.01. The zero-order chi connectivity index (χ0) is 13.4. The minimum absolute atomic E-state index is 0.263. The molecule has 0 fully saturated rings. The van der Waals surface area contributed by atoms with E-state index in [0.717, 1.165) is 7.11 Å². The second-order valence-corrected chi connectivity index (χ2v) is 3.13. The van der Waals surface area contributed by atoms with Crippen LogP contribution >= 0.6 is 0 Å². The molecule has 96 valence electrons. The third-order valence-electron chi connectivity index (χ3n) is 1.97. The Bertz CT molecular complexity index is 423. The zero-order valence-electron chi connectivity index (χ0n) is 8.41. The molecule has 0 spiro atoms. The maximum absolute atomic E-state index is 12.5. The van der Waals surface area contributed by atoms with Gasteiger partial charge in [-0.25, -0.2) is 0 Å². The van der Waals surface area contributed by atoms with E-state index in [2.05, 4.69) is 4.74 Å². The molecule has 0 aliphatic heterocycles. The summed E-state index contributed by atoms with van der Waals surface area (Å²) in [6, 6.07) is 0.956. The third-order valence-corrected chi connectivity index (χ3v) is 1.97. The van der Waals surface area contributed by atoms with Crippen LogP contribution in [0.4, 0.5) is 32.0 Å². The van der Waals surface area contributed by atoms with Gasteiger partial charge < -0.3 is 10.5 Å². The van der Waals surface area contributed by atoms with Gasteiger partial charge in [-0.3, -0.25) is 0 Å². The fourth-order valence-electron chi connectivity index (χ4n) is 1.29. The average molecular weight is 259 g/mol. The van der Waals surface area contributed by atoms with Crippen molar-refractivity contribution >= 4 is 5.69 Å². The first-order valence-corrected chi connectivity index (χ1v) is 4.19. The van der Waals surface area contributed by atoms with Crippen molar-refractivity contribution < 1.29 is 31.1 Å². The number of ether oxygens (including phenoxy) is 1. The van der Waals surface area contributed by atoms with Crippen LogP contribution in [0.15, 0.2) is 12.1 Å². The van der Waals surface area contributed by atoms with Gasteiger partial charge in [0.1, 0.15) is 5.75 Å². The Morgan fingerprint density at radius 2 is 1.53 bits per heavy atom. The lowest BCUT2D eigenvalue weighted by Gasteiger charge is -2.18. The van der Waals surface area contributed by atoms with E-state index in [0.29, 0.717) is 6.07 Å². The fraction of sp³-hybridized carbons (Fsp3) is 0.333. The van der Waals surface area contributed by atoms with E-state index in [1.54, 1.807) is 0 Å². The molecule has 0 saturated heterocycles. The molecular formula is C9H7F6NO. The van der Waals surface area contributed by atoms with Gasteiger partial charge in [0.15, 0.2) is 0 Å². The average Bonchev–Trinajstić information content (AvgIpc) is 2.12. The Hall–Kier alpha value is -1.60. The van der Waals surface area contributed by atoms with E-state index in [4.69, 9.17) is 5.73 Å². The fourth-order valence-corrected chi connectivity index (χ4v) is 1.29. The molecule has 0 aliphatic carbocycles. The van der Waals surface area contributed by atoms with Gasteiger partial charge in [0.25, 0.3) is 0 Å². The molecule has 8 heteroatoms.